The summed E-state index contributed by atoms with van der Waals surface area (Å²) in [6.45, 7) is 2.57. The molecule has 0 aliphatic carbocycles. The molecule has 7 nitrogen and oxygen atoms in total. The van der Waals surface area contributed by atoms with Crippen LogP contribution in [0.1, 0.15) is 0 Å². The molecule has 2 heterocycles. The largest absolute Gasteiger partial charge is 0.383 e. The average molecular weight is 372 g/mol. The zero-order valence-electron chi connectivity index (χ0n) is 15.3. The van der Waals surface area contributed by atoms with Crippen molar-refractivity contribution >= 4 is 5.82 Å². The summed E-state index contributed by atoms with van der Waals surface area (Å²) in [6, 6.07) is 10.0. The van der Waals surface area contributed by atoms with Gasteiger partial charge in [0.15, 0.2) is 0 Å². The van der Waals surface area contributed by atoms with Crippen molar-refractivity contribution in [3.63, 3.8) is 0 Å². The topological polar surface area (TPSA) is 73.5 Å². The summed E-state index contributed by atoms with van der Waals surface area (Å²) in [6.07, 6.45) is 1.65. The van der Waals surface area contributed by atoms with Crippen LogP contribution in [-0.4, -0.2) is 55.6 Å². The van der Waals surface area contributed by atoms with E-state index < -0.39 is 5.82 Å². The van der Waals surface area contributed by atoms with Crippen LogP contribution in [0.25, 0.3) is 22.8 Å². The van der Waals surface area contributed by atoms with E-state index in [4.69, 9.17) is 14.0 Å². The monoisotopic (exact) mass is 372 g/mol. The molecular weight excluding hydrogens is 351 g/mol. The number of hydrogen-bond donors (Lipinski definition) is 0. The van der Waals surface area contributed by atoms with Crippen LogP contribution in [0.5, 0.6) is 0 Å². The predicted octanol–water partition coefficient (Wildman–Crippen LogP) is 3.04. The first-order chi connectivity index (χ1) is 13.2. The van der Waals surface area contributed by atoms with Crippen molar-refractivity contribution in [3.05, 3.63) is 48.4 Å². The van der Waals surface area contributed by atoms with Crippen molar-refractivity contribution in [2.24, 2.45) is 0 Å². The molecule has 2 aromatic heterocycles. The van der Waals surface area contributed by atoms with Crippen LogP contribution >= 0.6 is 0 Å². The molecular formula is C19H21FN4O3. The molecule has 142 valence electrons. The molecule has 27 heavy (non-hydrogen) atoms. The van der Waals surface area contributed by atoms with Crippen molar-refractivity contribution in [1.29, 1.82) is 0 Å². The number of nitrogens with zero attached hydrogens (tertiary/aromatic N) is 4. The molecule has 0 N–H and O–H groups in total. The minimum atomic E-state index is -0.398. The van der Waals surface area contributed by atoms with Gasteiger partial charge in [0.05, 0.1) is 24.3 Å². The number of pyridine rings is 1. The summed E-state index contributed by atoms with van der Waals surface area (Å²) in [5.41, 5.74) is 0.953. The molecule has 0 fully saturated rings. The van der Waals surface area contributed by atoms with E-state index in [1.807, 2.05) is 12.1 Å². The molecule has 1 aromatic carbocycles. The number of halogens is 1. The predicted molar refractivity (Wildman–Crippen MR) is 98.9 cm³/mol. The van der Waals surface area contributed by atoms with E-state index in [0.717, 1.165) is 5.82 Å². The van der Waals surface area contributed by atoms with E-state index >= 15 is 0 Å². The number of benzene rings is 1. The lowest BCUT2D eigenvalue weighted by molar-refractivity contribution is 0.190. The Labute approximate surface area is 156 Å². The third-order valence-corrected chi connectivity index (χ3v) is 3.99. The van der Waals surface area contributed by atoms with Crippen molar-refractivity contribution in [2.75, 3.05) is 45.4 Å². The fraction of sp³-hybridized carbons (Fsp3) is 0.316. The highest BCUT2D eigenvalue weighted by Gasteiger charge is 2.15. The Morgan fingerprint density at radius 3 is 2.41 bits per heavy atom. The molecule has 0 bridgehead atoms. The van der Waals surface area contributed by atoms with E-state index in [2.05, 4.69) is 20.0 Å². The molecule has 0 saturated heterocycles. The molecule has 0 aliphatic rings. The second kappa shape index (κ2) is 9.20. The van der Waals surface area contributed by atoms with Gasteiger partial charge >= 0.3 is 0 Å². The summed E-state index contributed by atoms with van der Waals surface area (Å²) < 4.78 is 29.4. The van der Waals surface area contributed by atoms with Crippen LogP contribution in [0.15, 0.2) is 47.1 Å². The lowest BCUT2D eigenvalue weighted by atomic mass is 10.2. The number of anilines is 1. The minimum absolute atomic E-state index is 0.203. The SMILES string of the molecule is COCCN(CCOC)c1ccc(-c2nc(-c3ccccc3F)no2)cn1. The first kappa shape index (κ1) is 18.9. The molecule has 8 heteroatoms. The zero-order chi connectivity index (χ0) is 19.1. The van der Waals surface area contributed by atoms with Crippen molar-refractivity contribution in [1.82, 2.24) is 15.1 Å². The standard InChI is InChI=1S/C19H21FN4O3/c1-25-11-9-24(10-12-26-2)17-8-7-14(13-21-17)19-22-18(23-27-19)15-5-3-4-6-16(15)20/h3-8,13H,9-12H2,1-2H3. The van der Waals surface area contributed by atoms with Crippen molar-refractivity contribution in [2.45, 2.75) is 0 Å². The van der Waals surface area contributed by atoms with Crippen LogP contribution in [0.4, 0.5) is 10.2 Å². The zero-order valence-corrected chi connectivity index (χ0v) is 15.3. The van der Waals surface area contributed by atoms with Gasteiger partial charge in [-0.2, -0.15) is 4.98 Å². The summed E-state index contributed by atoms with van der Waals surface area (Å²) in [7, 11) is 3.32. The lowest BCUT2D eigenvalue weighted by Gasteiger charge is -2.23. The van der Waals surface area contributed by atoms with E-state index in [-0.39, 0.29) is 11.7 Å². The lowest BCUT2D eigenvalue weighted by Crippen LogP contribution is -2.31. The van der Waals surface area contributed by atoms with Gasteiger partial charge in [-0.15, -0.1) is 0 Å². The number of aromatic nitrogens is 3. The Morgan fingerprint density at radius 2 is 1.78 bits per heavy atom. The first-order valence-corrected chi connectivity index (χ1v) is 8.50. The third kappa shape index (κ3) is 4.66. The number of hydrogen-bond acceptors (Lipinski definition) is 7. The Morgan fingerprint density at radius 1 is 1.04 bits per heavy atom. The molecule has 3 aromatic rings. The minimum Gasteiger partial charge on any atom is -0.383 e. The molecule has 0 spiro atoms. The summed E-state index contributed by atoms with van der Waals surface area (Å²) in [4.78, 5) is 10.8. The Kier molecular flexibility index (Phi) is 6.45. The molecule has 0 radical (unpaired) electrons. The summed E-state index contributed by atoms with van der Waals surface area (Å²) in [5.74, 6) is 0.883. The maximum absolute atomic E-state index is 13.9. The average Bonchev–Trinajstić information content (AvgIpc) is 3.19. The van der Waals surface area contributed by atoms with Gasteiger partial charge in [-0.25, -0.2) is 9.37 Å². The molecule has 0 saturated carbocycles. The molecule has 0 unspecified atom stereocenters. The van der Waals surface area contributed by atoms with E-state index in [1.165, 1.54) is 6.07 Å². The van der Waals surface area contributed by atoms with E-state index in [1.54, 1.807) is 38.6 Å². The normalized spacial score (nSPS) is 10.9. The quantitative estimate of drug-likeness (QED) is 0.571. The maximum Gasteiger partial charge on any atom is 0.259 e. The second-order valence-electron chi connectivity index (χ2n) is 5.78. The van der Waals surface area contributed by atoms with Gasteiger partial charge in [0.2, 0.25) is 5.82 Å². The fourth-order valence-corrected chi connectivity index (χ4v) is 2.54. The molecule has 0 amide bonds. The van der Waals surface area contributed by atoms with Gasteiger partial charge < -0.3 is 18.9 Å². The van der Waals surface area contributed by atoms with E-state index in [9.17, 15) is 4.39 Å². The van der Waals surface area contributed by atoms with Gasteiger partial charge in [-0.3, -0.25) is 0 Å². The van der Waals surface area contributed by atoms with Crippen LogP contribution in [-0.2, 0) is 9.47 Å². The Bertz CT molecular complexity index is 846. The number of ether oxygens (including phenoxy) is 2. The van der Waals surface area contributed by atoms with E-state index in [0.29, 0.717) is 37.4 Å². The smallest absolute Gasteiger partial charge is 0.259 e. The van der Waals surface area contributed by atoms with Crippen LogP contribution < -0.4 is 4.90 Å². The summed E-state index contributed by atoms with van der Waals surface area (Å²) in [5, 5.41) is 3.86. The van der Waals surface area contributed by atoms with Gasteiger partial charge in [0, 0.05) is 33.5 Å². The number of rotatable bonds is 9. The third-order valence-electron chi connectivity index (χ3n) is 3.99. The Hall–Kier alpha value is -2.84. The molecule has 0 aliphatic heterocycles. The van der Waals surface area contributed by atoms with Gasteiger partial charge in [-0.05, 0) is 24.3 Å². The first-order valence-electron chi connectivity index (χ1n) is 8.50. The maximum atomic E-state index is 13.9. The molecule has 3 rings (SSSR count). The van der Waals surface area contributed by atoms with Crippen molar-refractivity contribution < 1.29 is 18.4 Å². The van der Waals surface area contributed by atoms with Crippen molar-refractivity contribution in [3.8, 4) is 22.8 Å². The Balaban J connectivity index is 1.78. The van der Waals surface area contributed by atoms with Crippen LogP contribution in [0.2, 0.25) is 0 Å². The van der Waals surface area contributed by atoms with Gasteiger partial charge in [0.25, 0.3) is 5.89 Å². The van der Waals surface area contributed by atoms with Crippen LogP contribution in [0, 0.1) is 5.82 Å². The highest BCUT2D eigenvalue weighted by Crippen LogP contribution is 2.24. The second-order valence-corrected chi connectivity index (χ2v) is 5.78. The summed E-state index contributed by atoms with van der Waals surface area (Å²) >= 11 is 0. The highest BCUT2D eigenvalue weighted by molar-refractivity contribution is 5.60. The number of methoxy groups -OCH3 is 2. The molecule has 0 atom stereocenters. The fourth-order valence-electron chi connectivity index (χ4n) is 2.54. The highest BCUT2D eigenvalue weighted by atomic mass is 19.1. The van der Waals surface area contributed by atoms with Gasteiger partial charge in [0.1, 0.15) is 11.6 Å². The van der Waals surface area contributed by atoms with Crippen LogP contribution in [0.3, 0.4) is 0 Å². The van der Waals surface area contributed by atoms with Gasteiger partial charge in [-0.1, -0.05) is 17.3 Å².